The Morgan fingerprint density at radius 3 is 2.79 bits per heavy atom. The monoisotopic (exact) mass is 354 g/mol. The summed E-state index contributed by atoms with van der Waals surface area (Å²) < 4.78 is 18.9. The number of benzene rings is 1. The van der Waals surface area contributed by atoms with Gasteiger partial charge in [0.25, 0.3) is 5.91 Å². The van der Waals surface area contributed by atoms with Gasteiger partial charge in [0.1, 0.15) is 5.82 Å². The second kappa shape index (κ2) is 10.1. The van der Waals surface area contributed by atoms with E-state index in [9.17, 15) is 9.18 Å². The van der Waals surface area contributed by atoms with Crippen LogP contribution in [0.5, 0.6) is 0 Å². The Morgan fingerprint density at radius 2 is 2.11 bits per heavy atom. The number of hydrogen-bond donors (Lipinski definition) is 2. The molecule has 0 heterocycles. The van der Waals surface area contributed by atoms with Crippen LogP contribution in [0.4, 0.5) is 4.39 Å². The van der Waals surface area contributed by atoms with Gasteiger partial charge in [-0.1, -0.05) is 15.9 Å². The number of hydrogen-bond acceptors (Lipinski definition) is 3. The summed E-state index contributed by atoms with van der Waals surface area (Å²) in [6, 6.07) is 4.28. The molecule has 0 radical (unpaired) electrons. The molecule has 0 saturated heterocycles. The van der Waals surface area contributed by atoms with Crippen molar-refractivity contribution >= 4 is 34.2 Å². The zero-order valence-corrected chi connectivity index (χ0v) is 12.9. The van der Waals surface area contributed by atoms with Crippen LogP contribution in [0.1, 0.15) is 10.4 Å². The number of carbonyl (C=O) groups is 1. The molecule has 4 nitrogen and oxygen atoms in total. The van der Waals surface area contributed by atoms with E-state index in [0.29, 0.717) is 24.2 Å². The number of nitrogens with one attached hydrogen (secondary N) is 2. The lowest BCUT2D eigenvalue weighted by molar-refractivity contribution is 0.0949. The van der Waals surface area contributed by atoms with Crippen LogP contribution in [-0.2, 0) is 4.74 Å². The molecule has 1 aromatic rings. The van der Waals surface area contributed by atoms with Crippen molar-refractivity contribution in [1.82, 2.24) is 10.6 Å². The first-order valence-electron chi connectivity index (χ1n) is 5.58. The fourth-order valence-electron chi connectivity index (χ4n) is 1.33. The van der Waals surface area contributed by atoms with E-state index in [1.807, 2.05) is 0 Å². The van der Waals surface area contributed by atoms with Gasteiger partial charge in [-0.25, -0.2) is 4.39 Å². The van der Waals surface area contributed by atoms with Gasteiger partial charge in [0.2, 0.25) is 0 Å². The van der Waals surface area contributed by atoms with Crippen LogP contribution in [0.2, 0.25) is 0 Å². The first-order valence-corrected chi connectivity index (χ1v) is 6.37. The molecule has 0 aliphatic rings. The summed E-state index contributed by atoms with van der Waals surface area (Å²) in [6.07, 6.45) is 0. The molecule has 0 aliphatic heterocycles. The molecular formula is C12H17BrClFN2O2. The molecule has 0 spiro atoms. The molecule has 2 N–H and O–H groups in total. The second-order valence-corrected chi connectivity index (χ2v) is 4.54. The molecule has 0 fully saturated rings. The molecule has 1 rings (SSSR count). The lowest BCUT2D eigenvalue weighted by atomic mass is 10.2. The molecule has 1 aromatic carbocycles. The topological polar surface area (TPSA) is 50.4 Å². The van der Waals surface area contributed by atoms with Gasteiger partial charge in [0.05, 0.1) is 12.2 Å². The Balaban J connectivity index is 0.00000324. The fourth-order valence-corrected chi connectivity index (χ4v) is 1.69. The fraction of sp³-hybridized carbons (Fsp3) is 0.417. The Kier molecular flexibility index (Phi) is 9.77. The van der Waals surface area contributed by atoms with Crippen molar-refractivity contribution in [3.8, 4) is 0 Å². The summed E-state index contributed by atoms with van der Waals surface area (Å²) in [5.41, 5.74) is 0.0428. The third-order valence-corrected chi connectivity index (χ3v) is 2.74. The quantitative estimate of drug-likeness (QED) is 0.735. The van der Waals surface area contributed by atoms with Crippen LogP contribution in [-0.4, -0.2) is 39.3 Å². The number of rotatable bonds is 7. The van der Waals surface area contributed by atoms with Crippen molar-refractivity contribution in [2.24, 2.45) is 0 Å². The second-order valence-electron chi connectivity index (χ2n) is 3.62. The third kappa shape index (κ3) is 6.87. The molecular weight excluding hydrogens is 338 g/mol. The van der Waals surface area contributed by atoms with Crippen LogP contribution in [0.3, 0.4) is 0 Å². The van der Waals surface area contributed by atoms with Crippen LogP contribution >= 0.6 is 28.3 Å². The van der Waals surface area contributed by atoms with Gasteiger partial charge in [0, 0.05) is 31.2 Å². The highest BCUT2D eigenvalue weighted by Gasteiger charge is 2.11. The van der Waals surface area contributed by atoms with Crippen LogP contribution in [0.15, 0.2) is 22.7 Å². The summed E-state index contributed by atoms with van der Waals surface area (Å²) in [5, 5.41) is 5.72. The van der Waals surface area contributed by atoms with Gasteiger partial charge in [-0.3, -0.25) is 4.79 Å². The summed E-state index contributed by atoms with van der Waals surface area (Å²) in [5.74, 6) is -0.939. The summed E-state index contributed by atoms with van der Waals surface area (Å²) >= 11 is 3.20. The highest BCUT2D eigenvalue weighted by atomic mass is 79.9. The van der Waals surface area contributed by atoms with E-state index >= 15 is 0 Å². The number of ether oxygens (including phenoxy) is 1. The van der Waals surface area contributed by atoms with Gasteiger partial charge in [0.15, 0.2) is 0 Å². The molecule has 0 aliphatic carbocycles. The average molecular weight is 356 g/mol. The van der Waals surface area contributed by atoms with E-state index in [4.69, 9.17) is 4.74 Å². The third-order valence-electron chi connectivity index (χ3n) is 2.24. The Bertz CT molecular complexity index is 407. The number of carbonyl (C=O) groups excluding carboxylic acids is 1. The zero-order valence-electron chi connectivity index (χ0n) is 10.5. The SMILES string of the molecule is COCCNCCNC(=O)c1cc(Br)ccc1F.Cl. The van der Waals surface area contributed by atoms with Crippen LogP contribution in [0, 0.1) is 5.82 Å². The Morgan fingerprint density at radius 1 is 1.37 bits per heavy atom. The number of methoxy groups -OCH3 is 1. The van der Waals surface area contributed by atoms with Crippen molar-refractivity contribution in [2.75, 3.05) is 33.4 Å². The predicted octanol–water partition coefficient (Wildman–Crippen LogP) is 1.98. The van der Waals surface area contributed by atoms with Gasteiger partial charge in [-0.2, -0.15) is 0 Å². The standard InChI is InChI=1S/C12H16BrFN2O2.ClH/c1-18-7-6-15-4-5-16-12(17)10-8-9(13)2-3-11(10)14;/h2-3,8,15H,4-7H2,1H3,(H,16,17);1H. The molecule has 0 saturated carbocycles. The molecule has 0 aromatic heterocycles. The first-order chi connectivity index (χ1) is 8.65. The molecule has 1 amide bonds. The summed E-state index contributed by atoms with van der Waals surface area (Å²) in [6.45, 7) is 2.39. The van der Waals surface area contributed by atoms with Crippen molar-refractivity contribution in [2.45, 2.75) is 0 Å². The average Bonchev–Trinajstić information content (AvgIpc) is 2.36. The van der Waals surface area contributed by atoms with E-state index in [0.717, 1.165) is 6.54 Å². The van der Waals surface area contributed by atoms with E-state index in [1.54, 1.807) is 13.2 Å². The molecule has 19 heavy (non-hydrogen) atoms. The van der Waals surface area contributed by atoms with Crippen LogP contribution < -0.4 is 10.6 Å². The number of halogens is 3. The zero-order chi connectivity index (χ0) is 13.4. The first kappa shape index (κ1) is 18.3. The lowest BCUT2D eigenvalue weighted by Gasteiger charge is -2.07. The maximum atomic E-state index is 13.4. The van der Waals surface area contributed by atoms with Crippen molar-refractivity contribution in [1.29, 1.82) is 0 Å². The van der Waals surface area contributed by atoms with Crippen molar-refractivity contribution in [3.63, 3.8) is 0 Å². The molecule has 7 heteroatoms. The van der Waals surface area contributed by atoms with Crippen molar-refractivity contribution in [3.05, 3.63) is 34.1 Å². The molecule has 0 bridgehead atoms. The normalized spacial score (nSPS) is 9.84. The van der Waals surface area contributed by atoms with E-state index in [2.05, 4.69) is 26.6 Å². The van der Waals surface area contributed by atoms with E-state index in [-0.39, 0.29) is 18.0 Å². The number of amides is 1. The molecule has 0 unspecified atom stereocenters. The maximum absolute atomic E-state index is 13.4. The van der Waals surface area contributed by atoms with Gasteiger partial charge >= 0.3 is 0 Å². The Hall–Kier alpha value is -0.690. The highest BCUT2D eigenvalue weighted by Crippen LogP contribution is 2.15. The van der Waals surface area contributed by atoms with Crippen molar-refractivity contribution < 1.29 is 13.9 Å². The van der Waals surface area contributed by atoms with Gasteiger partial charge < -0.3 is 15.4 Å². The molecule has 0 atom stereocenters. The molecule has 108 valence electrons. The maximum Gasteiger partial charge on any atom is 0.254 e. The highest BCUT2D eigenvalue weighted by molar-refractivity contribution is 9.10. The largest absolute Gasteiger partial charge is 0.383 e. The summed E-state index contributed by atoms with van der Waals surface area (Å²) in [4.78, 5) is 11.7. The van der Waals surface area contributed by atoms with E-state index in [1.165, 1.54) is 12.1 Å². The van der Waals surface area contributed by atoms with E-state index < -0.39 is 11.7 Å². The lowest BCUT2D eigenvalue weighted by Crippen LogP contribution is -2.33. The van der Waals surface area contributed by atoms with Gasteiger partial charge in [-0.15, -0.1) is 12.4 Å². The predicted molar refractivity (Wildman–Crippen MR) is 78.4 cm³/mol. The minimum Gasteiger partial charge on any atom is -0.383 e. The van der Waals surface area contributed by atoms with Gasteiger partial charge in [-0.05, 0) is 18.2 Å². The smallest absolute Gasteiger partial charge is 0.254 e. The Labute approximate surface area is 126 Å². The minimum atomic E-state index is -0.525. The van der Waals surface area contributed by atoms with Crippen LogP contribution in [0.25, 0.3) is 0 Å². The minimum absolute atomic E-state index is 0. The summed E-state index contributed by atoms with van der Waals surface area (Å²) in [7, 11) is 1.62.